The number of hydrogen-bond donors (Lipinski definition) is 1. The Hall–Kier alpha value is -0.930. The number of pyridine rings is 1. The van der Waals surface area contributed by atoms with Crippen molar-refractivity contribution < 1.29 is 0 Å². The van der Waals surface area contributed by atoms with Crippen molar-refractivity contribution in [3.05, 3.63) is 40.5 Å². The van der Waals surface area contributed by atoms with Crippen LogP contribution < -0.4 is 5.32 Å². The molecule has 0 radical (unpaired) electrons. The molecule has 19 heavy (non-hydrogen) atoms. The summed E-state index contributed by atoms with van der Waals surface area (Å²) in [4.78, 5) is 4.53. The fourth-order valence-electron chi connectivity index (χ4n) is 2.43. The summed E-state index contributed by atoms with van der Waals surface area (Å²) in [6.07, 6.45) is 8.23. The highest BCUT2D eigenvalue weighted by Gasteiger charge is 2.19. The van der Waals surface area contributed by atoms with Crippen LogP contribution in [0, 0.1) is 0 Å². The maximum atomic E-state index is 4.53. The topological polar surface area (TPSA) is 24.9 Å². The zero-order chi connectivity index (χ0) is 13.1. The van der Waals surface area contributed by atoms with Gasteiger partial charge < -0.3 is 5.32 Å². The molecule has 1 heterocycles. The largest absolute Gasteiger partial charge is 0.314 e. The van der Waals surface area contributed by atoms with Gasteiger partial charge in [0.2, 0.25) is 0 Å². The van der Waals surface area contributed by atoms with E-state index in [-0.39, 0.29) is 0 Å². The van der Waals surface area contributed by atoms with Gasteiger partial charge in [-0.3, -0.25) is 4.98 Å². The smallest absolute Gasteiger partial charge is 0.0745 e. The van der Waals surface area contributed by atoms with Gasteiger partial charge in [-0.25, -0.2) is 0 Å². The van der Waals surface area contributed by atoms with Crippen molar-refractivity contribution >= 4 is 26.8 Å². The van der Waals surface area contributed by atoms with Gasteiger partial charge in [0.1, 0.15) is 0 Å². The fourth-order valence-corrected chi connectivity index (χ4v) is 2.88. The van der Waals surface area contributed by atoms with E-state index < -0.39 is 0 Å². The van der Waals surface area contributed by atoms with Gasteiger partial charge in [-0.2, -0.15) is 0 Å². The lowest BCUT2D eigenvalue weighted by Gasteiger charge is -2.07. The van der Waals surface area contributed by atoms with Gasteiger partial charge in [0.15, 0.2) is 0 Å². The maximum absolute atomic E-state index is 4.53. The molecule has 3 heteroatoms. The lowest BCUT2D eigenvalue weighted by atomic mass is 10.0. The van der Waals surface area contributed by atoms with E-state index in [0.29, 0.717) is 0 Å². The lowest BCUT2D eigenvalue weighted by Crippen LogP contribution is -2.17. The summed E-state index contributed by atoms with van der Waals surface area (Å²) in [6.45, 7) is 1.16. The molecule has 1 aliphatic carbocycles. The van der Waals surface area contributed by atoms with Crippen molar-refractivity contribution in [2.75, 3.05) is 6.54 Å². The number of nitrogens with one attached hydrogen (secondary N) is 1. The Labute approximate surface area is 122 Å². The lowest BCUT2D eigenvalue weighted by molar-refractivity contribution is 0.620. The molecule has 0 saturated heterocycles. The van der Waals surface area contributed by atoms with Crippen molar-refractivity contribution in [3.63, 3.8) is 0 Å². The van der Waals surface area contributed by atoms with Gasteiger partial charge in [-0.15, -0.1) is 0 Å². The SMILES string of the molecule is Brc1ccc(CCCCNC2CC2)c2ncccc12. The Morgan fingerprint density at radius 1 is 1.21 bits per heavy atom. The average Bonchev–Trinajstić information content (AvgIpc) is 3.25. The van der Waals surface area contributed by atoms with Gasteiger partial charge >= 0.3 is 0 Å². The zero-order valence-electron chi connectivity index (χ0n) is 11.0. The maximum Gasteiger partial charge on any atom is 0.0745 e. The van der Waals surface area contributed by atoms with Crippen molar-refractivity contribution in [2.24, 2.45) is 0 Å². The molecule has 100 valence electrons. The molecule has 2 nitrogen and oxygen atoms in total. The van der Waals surface area contributed by atoms with Gasteiger partial charge in [0, 0.05) is 22.1 Å². The number of rotatable bonds is 6. The third kappa shape index (κ3) is 3.34. The third-order valence-electron chi connectivity index (χ3n) is 3.68. The summed E-state index contributed by atoms with van der Waals surface area (Å²) in [5, 5.41) is 4.78. The molecule has 1 fully saturated rings. The van der Waals surface area contributed by atoms with E-state index in [2.05, 4.69) is 44.4 Å². The Morgan fingerprint density at radius 3 is 2.95 bits per heavy atom. The van der Waals surface area contributed by atoms with Crippen LogP contribution in [0.25, 0.3) is 10.9 Å². The van der Waals surface area contributed by atoms with Crippen LogP contribution in [0.1, 0.15) is 31.2 Å². The molecule has 0 amide bonds. The second-order valence-electron chi connectivity index (χ2n) is 5.29. The van der Waals surface area contributed by atoms with E-state index in [0.717, 1.165) is 29.0 Å². The molecule has 1 aliphatic rings. The van der Waals surface area contributed by atoms with E-state index in [1.807, 2.05) is 12.3 Å². The number of nitrogens with zero attached hydrogens (tertiary/aromatic N) is 1. The van der Waals surface area contributed by atoms with E-state index in [1.165, 1.54) is 36.6 Å². The van der Waals surface area contributed by atoms with Crippen molar-refractivity contribution in [1.29, 1.82) is 0 Å². The van der Waals surface area contributed by atoms with Gasteiger partial charge in [0.05, 0.1) is 5.52 Å². The number of halogens is 1. The van der Waals surface area contributed by atoms with Gasteiger partial charge in [-0.1, -0.05) is 28.1 Å². The van der Waals surface area contributed by atoms with Crippen LogP contribution in [-0.2, 0) is 6.42 Å². The van der Waals surface area contributed by atoms with E-state index in [9.17, 15) is 0 Å². The van der Waals surface area contributed by atoms with Gasteiger partial charge in [0.25, 0.3) is 0 Å². The second-order valence-corrected chi connectivity index (χ2v) is 6.15. The Bertz CT molecular complexity index is 564. The first-order valence-electron chi connectivity index (χ1n) is 7.10. The number of aryl methyl sites for hydroxylation is 1. The molecule has 1 aromatic heterocycles. The monoisotopic (exact) mass is 318 g/mol. The van der Waals surface area contributed by atoms with E-state index in [4.69, 9.17) is 0 Å². The van der Waals surface area contributed by atoms with Crippen molar-refractivity contribution in [3.8, 4) is 0 Å². The highest BCUT2D eigenvalue weighted by Crippen LogP contribution is 2.26. The summed E-state index contributed by atoms with van der Waals surface area (Å²) < 4.78 is 1.13. The van der Waals surface area contributed by atoms with Gasteiger partial charge in [-0.05, 0) is 56.3 Å². The molecule has 0 aliphatic heterocycles. The van der Waals surface area contributed by atoms with Crippen molar-refractivity contribution in [2.45, 2.75) is 38.1 Å². The molecule has 3 rings (SSSR count). The third-order valence-corrected chi connectivity index (χ3v) is 4.37. The van der Waals surface area contributed by atoms with E-state index >= 15 is 0 Å². The van der Waals surface area contributed by atoms with Crippen LogP contribution in [-0.4, -0.2) is 17.6 Å². The number of unbranched alkanes of at least 4 members (excludes halogenated alkanes) is 1. The van der Waals surface area contributed by atoms with E-state index in [1.54, 1.807) is 0 Å². The van der Waals surface area contributed by atoms with Crippen LogP contribution in [0.2, 0.25) is 0 Å². The second kappa shape index (κ2) is 6.02. The molecule has 1 N–H and O–H groups in total. The molecule has 0 atom stereocenters. The molecule has 2 aromatic rings. The minimum Gasteiger partial charge on any atom is -0.314 e. The molecule has 0 bridgehead atoms. The normalized spacial score (nSPS) is 15.0. The predicted molar refractivity (Wildman–Crippen MR) is 83.4 cm³/mol. The Kier molecular flexibility index (Phi) is 4.14. The number of hydrogen-bond acceptors (Lipinski definition) is 2. The van der Waals surface area contributed by atoms with Crippen LogP contribution in [0.3, 0.4) is 0 Å². The quantitative estimate of drug-likeness (QED) is 0.812. The number of fused-ring (bicyclic) bond motifs is 1. The first-order valence-corrected chi connectivity index (χ1v) is 7.89. The molecular formula is C16H19BrN2. The number of benzene rings is 1. The van der Waals surface area contributed by atoms with Crippen LogP contribution in [0.4, 0.5) is 0 Å². The molecular weight excluding hydrogens is 300 g/mol. The molecule has 0 spiro atoms. The zero-order valence-corrected chi connectivity index (χ0v) is 12.6. The summed E-state index contributed by atoms with van der Waals surface area (Å²) in [7, 11) is 0. The molecule has 1 saturated carbocycles. The molecule has 1 aromatic carbocycles. The Balaban J connectivity index is 1.61. The fraction of sp³-hybridized carbons (Fsp3) is 0.438. The minimum absolute atomic E-state index is 0.829. The molecule has 0 unspecified atom stereocenters. The van der Waals surface area contributed by atoms with Crippen LogP contribution >= 0.6 is 15.9 Å². The predicted octanol–water partition coefficient (Wildman–Crippen LogP) is 4.07. The highest BCUT2D eigenvalue weighted by atomic mass is 79.9. The van der Waals surface area contributed by atoms with Crippen LogP contribution in [0.15, 0.2) is 34.9 Å². The Morgan fingerprint density at radius 2 is 2.11 bits per heavy atom. The minimum atomic E-state index is 0.829. The standard InChI is InChI=1S/C16H19BrN2/c17-15-9-6-12(16-14(15)5-3-11-19-16)4-1-2-10-18-13-7-8-13/h3,5-6,9,11,13,18H,1-2,4,7-8,10H2. The van der Waals surface area contributed by atoms with Crippen molar-refractivity contribution in [1.82, 2.24) is 10.3 Å². The average molecular weight is 319 g/mol. The first-order chi connectivity index (χ1) is 9.34. The summed E-state index contributed by atoms with van der Waals surface area (Å²) in [5.74, 6) is 0. The highest BCUT2D eigenvalue weighted by molar-refractivity contribution is 9.10. The first kappa shape index (κ1) is 13.1. The summed E-state index contributed by atoms with van der Waals surface area (Å²) >= 11 is 3.60. The summed E-state index contributed by atoms with van der Waals surface area (Å²) in [5.41, 5.74) is 2.51. The summed E-state index contributed by atoms with van der Waals surface area (Å²) in [6, 6.07) is 9.30. The van der Waals surface area contributed by atoms with Crippen LogP contribution in [0.5, 0.6) is 0 Å². The number of aromatic nitrogens is 1.